The lowest BCUT2D eigenvalue weighted by Gasteiger charge is -2.23. The number of non-ortho nitro benzene ring substituents is 1. The number of hydrogen-bond acceptors (Lipinski definition) is 6. The highest BCUT2D eigenvalue weighted by Crippen LogP contribution is 2.22. The number of rotatable bonds is 7. The maximum absolute atomic E-state index is 13.1. The van der Waals surface area contributed by atoms with Gasteiger partial charge in [0, 0.05) is 12.1 Å². The van der Waals surface area contributed by atoms with Crippen LogP contribution in [0.15, 0.2) is 84.9 Å². The van der Waals surface area contributed by atoms with Crippen LogP contribution >= 0.6 is 0 Å². The Morgan fingerprint density at radius 2 is 1.45 bits per heavy atom. The second-order valence-corrected chi connectivity index (χ2v) is 6.78. The summed E-state index contributed by atoms with van der Waals surface area (Å²) in [6.07, 6.45) is -0.694. The number of nitro benzene ring substituents is 1. The van der Waals surface area contributed by atoms with E-state index in [2.05, 4.69) is 0 Å². The molecule has 0 unspecified atom stereocenters. The summed E-state index contributed by atoms with van der Waals surface area (Å²) in [5, 5.41) is 10.9. The second-order valence-electron chi connectivity index (χ2n) is 6.78. The first kappa shape index (κ1) is 21.7. The van der Waals surface area contributed by atoms with Gasteiger partial charge in [-0.15, -0.1) is 0 Å². The molecule has 8 heteroatoms. The molecule has 31 heavy (non-hydrogen) atoms. The molecule has 0 aliphatic heterocycles. The normalized spacial score (nSPS) is 11.4. The van der Waals surface area contributed by atoms with Gasteiger partial charge in [0.1, 0.15) is 6.61 Å². The van der Waals surface area contributed by atoms with Gasteiger partial charge >= 0.3 is 6.09 Å². The third-order valence-electron chi connectivity index (χ3n) is 4.54. The highest BCUT2D eigenvalue weighted by molar-refractivity contribution is 6.14. The first-order chi connectivity index (χ1) is 15.0. The van der Waals surface area contributed by atoms with Crippen LogP contribution in [0.2, 0.25) is 0 Å². The van der Waals surface area contributed by atoms with Gasteiger partial charge in [0.15, 0.2) is 0 Å². The molecule has 0 fully saturated rings. The summed E-state index contributed by atoms with van der Waals surface area (Å²) in [6.45, 7) is -0.0373. The van der Waals surface area contributed by atoms with Gasteiger partial charge in [-0.3, -0.25) is 14.9 Å². The van der Waals surface area contributed by atoms with E-state index in [1.165, 1.54) is 24.3 Å². The smallest absolute Gasteiger partial charge is 0.421 e. The molecular weight excluding hydrogens is 398 g/mol. The van der Waals surface area contributed by atoms with Crippen molar-refractivity contribution in [1.29, 1.82) is 0 Å². The van der Waals surface area contributed by atoms with Crippen LogP contribution in [-0.2, 0) is 22.6 Å². The molecule has 3 rings (SSSR count). The average molecular weight is 419 g/mol. The number of imide groups is 1. The van der Waals surface area contributed by atoms with Gasteiger partial charge in [-0.25, -0.2) is 9.69 Å². The summed E-state index contributed by atoms with van der Waals surface area (Å²) >= 11 is 0. The van der Waals surface area contributed by atoms with E-state index in [1.54, 1.807) is 24.3 Å². The van der Waals surface area contributed by atoms with E-state index >= 15 is 0 Å². The Morgan fingerprint density at radius 1 is 0.903 bits per heavy atom. The number of carbonyl (C=O) groups is 2. The maximum atomic E-state index is 13.1. The number of nitrogens with two attached hydrogens (primary N) is 1. The molecule has 0 bridgehead atoms. The molecule has 2 N–H and O–H groups in total. The number of nitrogens with zero attached hydrogens (tertiary/aromatic N) is 2. The molecule has 0 aromatic heterocycles. The van der Waals surface area contributed by atoms with Crippen molar-refractivity contribution in [3.05, 3.63) is 106 Å². The van der Waals surface area contributed by atoms with Crippen molar-refractivity contribution < 1.29 is 19.2 Å². The Balaban J connectivity index is 1.82. The average Bonchev–Trinajstić information content (AvgIpc) is 2.79. The molecule has 0 aliphatic carbocycles. The van der Waals surface area contributed by atoms with Gasteiger partial charge in [0.05, 0.1) is 16.7 Å². The summed E-state index contributed by atoms with van der Waals surface area (Å²) < 4.78 is 5.32. The highest BCUT2D eigenvalue weighted by atomic mass is 16.6. The predicted molar refractivity (Wildman–Crippen MR) is 115 cm³/mol. The molecule has 2 amide bonds. The molecule has 1 atom stereocenters. The standard InChI is InChI=1S/C23H21N3O5/c24-21(15-17-7-3-1-4-8-17)22(27)25(19-11-13-20(14-12-19)26(29)30)23(28)31-16-18-9-5-2-6-10-18/h1-14,21H,15-16,24H2/t21-/m0/s1. The number of anilines is 1. The minimum atomic E-state index is -1.01. The van der Waals surface area contributed by atoms with Crippen molar-refractivity contribution in [1.82, 2.24) is 0 Å². The van der Waals surface area contributed by atoms with Gasteiger partial charge < -0.3 is 10.5 Å². The largest absolute Gasteiger partial charge is 0.444 e. The number of ether oxygens (including phenoxy) is 1. The first-order valence-corrected chi connectivity index (χ1v) is 9.54. The van der Waals surface area contributed by atoms with Crippen molar-refractivity contribution in [2.45, 2.75) is 19.1 Å². The number of amides is 2. The summed E-state index contributed by atoms with van der Waals surface area (Å²) in [4.78, 5) is 37.1. The molecule has 0 saturated carbocycles. The Hall–Kier alpha value is -4.04. The molecule has 0 spiro atoms. The summed E-state index contributed by atoms with van der Waals surface area (Å²) in [5.41, 5.74) is 7.66. The molecule has 0 aliphatic rings. The summed E-state index contributed by atoms with van der Waals surface area (Å²) in [7, 11) is 0. The van der Waals surface area contributed by atoms with Crippen molar-refractivity contribution in [3.63, 3.8) is 0 Å². The molecule has 0 heterocycles. The van der Waals surface area contributed by atoms with Gasteiger partial charge in [-0.2, -0.15) is 0 Å². The lowest BCUT2D eigenvalue weighted by atomic mass is 10.1. The fraction of sp³-hybridized carbons (Fsp3) is 0.130. The van der Waals surface area contributed by atoms with Crippen LogP contribution in [0.3, 0.4) is 0 Å². The zero-order valence-corrected chi connectivity index (χ0v) is 16.6. The van der Waals surface area contributed by atoms with Gasteiger partial charge in [0.2, 0.25) is 0 Å². The zero-order chi connectivity index (χ0) is 22.2. The number of benzene rings is 3. The molecule has 8 nitrogen and oxygen atoms in total. The first-order valence-electron chi connectivity index (χ1n) is 9.54. The monoisotopic (exact) mass is 419 g/mol. The van der Waals surface area contributed by atoms with Crippen molar-refractivity contribution >= 4 is 23.4 Å². The Bertz CT molecular complexity index is 1040. The lowest BCUT2D eigenvalue weighted by Crippen LogP contribution is -2.48. The minimum absolute atomic E-state index is 0.0373. The predicted octanol–water partition coefficient (Wildman–Crippen LogP) is 3.83. The maximum Gasteiger partial charge on any atom is 0.421 e. The Kier molecular flexibility index (Phi) is 7.08. The quantitative estimate of drug-likeness (QED) is 0.460. The van der Waals surface area contributed by atoms with Gasteiger partial charge in [-0.1, -0.05) is 60.7 Å². The van der Waals surface area contributed by atoms with E-state index in [9.17, 15) is 19.7 Å². The molecular formula is C23H21N3O5. The zero-order valence-electron chi connectivity index (χ0n) is 16.6. The molecule has 0 radical (unpaired) electrons. The number of nitro groups is 1. The van der Waals surface area contributed by atoms with E-state index in [1.807, 2.05) is 36.4 Å². The second kappa shape index (κ2) is 10.1. The van der Waals surface area contributed by atoms with Crippen LogP contribution in [0.4, 0.5) is 16.2 Å². The van der Waals surface area contributed by atoms with E-state index in [0.717, 1.165) is 16.0 Å². The van der Waals surface area contributed by atoms with Crippen LogP contribution in [0, 0.1) is 10.1 Å². The van der Waals surface area contributed by atoms with Crippen molar-refractivity contribution in [2.24, 2.45) is 5.73 Å². The van der Waals surface area contributed by atoms with Crippen molar-refractivity contribution in [3.8, 4) is 0 Å². The van der Waals surface area contributed by atoms with Gasteiger partial charge in [0.25, 0.3) is 11.6 Å². The molecule has 3 aromatic rings. The van der Waals surface area contributed by atoms with Crippen LogP contribution < -0.4 is 10.6 Å². The Labute approximate surface area is 179 Å². The highest BCUT2D eigenvalue weighted by Gasteiger charge is 2.30. The number of carbonyl (C=O) groups excluding carboxylic acids is 2. The third kappa shape index (κ3) is 5.74. The molecule has 3 aromatic carbocycles. The molecule has 0 saturated heterocycles. The fourth-order valence-corrected chi connectivity index (χ4v) is 2.95. The van der Waals surface area contributed by atoms with Crippen LogP contribution in [0.1, 0.15) is 11.1 Å². The SMILES string of the molecule is N[C@@H](Cc1ccccc1)C(=O)N(C(=O)OCc1ccccc1)c1ccc([N+](=O)[O-])cc1. The van der Waals surface area contributed by atoms with Gasteiger partial charge in [-0.05, 0) is 29.7 Å². The number of hydrogen-bond donors (Lipinski definition) is 1. The molecule has 158 valence electrons. The lowest BCUT2D eigenvalue weighted by molar-refractivity contribution is -0.384. The third-order valence-corrected chi connectivity index (χ3v) is 4.54. The summed E-state index contributed by atoms with van der Waals surface area (Å²) in [6, 6.07) is 22.2. The van der Waals surface area contributed by atoms with E-state index in [0.29, 0.717) is 0 Å². The van der Waals surface area contributed by atoms with E-state index < -0.39 is 23.0 Å². The van der Waals surface area contributed by atoms with Crippen LogP contribution in [0.5, 0.6) is 0 Å². The topological polar surface area (TPSA) is 116 Å². The van der Waals surface area contributed by atoms with Crippen LogP contribution in [-0.4, -0.2) is 23.0 Å². The van der Waals surface area contributed by atoms with Crippen molar-refractivity contribution in [2.75, 3.05) is 4.90 Å². The van der Waals surface area contributed by atoms with Crippen LogP contribution in [0.25, 0.3) is 0 Å². The summed E-state index contributed by atoms with van der Waals surface area (Å²) in [5.74, 6) is -0.671. The van der Waals surface area contributed by atoms with E-state index in [4.69, 9.17) is 10.5 Å². The fourth-order valence-electron chi connectivity index (χ4n) is 2.95. The van der Waals surface area contributed by atoms with E-state index in [-0.39, 0.29) is 24.4 Å². The minimum Gasteiger partial charge on any atom is -0.444 e. The Morgan fingerprint density at radius 3 is 2.00 bits per heavy atom.